The predicted octanol–water partition coefficient (Wildman–Crippen LogP) is 2.18. The van der Waals surface area contributed by atoms with Crippen LogP contribution < -0.4 is 0 Å². The molecule has 3 aromatic rings. The van der Waals surface area contributed by atoms with Crippen LogP contribution in [-0.2, 0) is 10.0 Å². The second kappa shape index (κ2) is 6.17. The number of sulfonamides is 1. The largest absolute Gasteiger partial charge is 0.278 e. The molecule has 0 unspecified atom stereocenters. The zero-order valence-corrected chi connectivity index (χ0v) is 13.9. The van der Waals surface area contributed by atoms with E-state index in [0.29, 0.717) is 11.2 Å². The molecule has 0 aliphatic rings. The van der Waals surface area contributed by atoms with Crippen LogP contribution in [0.5, 0.6) is 0 Å². The van der Waals surface area contributed by atoms with Gasteiger partial charge in [0.15, 0.2) is 5.65 Å². The SMILES string of the molecule is CN(/N=C/c1cnn2ccc(Cl)nc12)S(=O)(=O)c1ccc(F)cc1. The first-order valence-corrected chi connectivity index (χ1v) is 8.48. The topological polar surface area (TPSA) is 79.9 Å². The van der Waals surface area contributed by atoms with E-state index < -0.39 is 15.8 Å². The van der Waals surface area contributed by atoms with Crippen molar-refractivity contribution in [2.75, 3.05) is 7.05 Å². The molecular weight excluding hydrogens is 357 g/mol. The minimum Gasteiger partial charge on any atom is -0.222 e. The van der Waals surface area contributed by atoms with Crippen molar-refractivity contribution in [1.29, 1.82) is 0 Å². The lowest BCUT2D eigenvalue weighted by Gasteiger charge is -2.13. The zero-order chi connectivity index (χ0) is 17.3. The van der Waals surface area contributed by atoms with E-state index in [1.807, 2.05) is 0 Å². The van der Waals surface area contributed by atoms with Gasteiger partial charge in [-0.2, -0.15) is 23.0 Å². The van der Waals surface area contributed by atoms with Crippen molar-refractivity contribution in [3.63, 3.8) is 0 Å². The van der Waals surface area contributed by atoms with Gasteiger partial charge >= 0.3 is 0 Å². The molecule has 0 aliphatic heterocycles. The summed E-state index contributed by atoms with van der Waals surface area (Å²) < 4.78 is 39.9. The minimum atomic E-state index is -3.88. The minimum absolute atomic E-state index is 0.0652. The molecule has 0 atom stereocenters. The lowest BCUT2D eigenvalue weighted by atomic mass is 10.4. The summed E-state index contributed by atoms with van der Waals surface area (Å²) in [4.78, 5) is 4.04. The van der Waals surface area contributed by atoms with Crippen LogP contribution in [0.3, 0.4) is 0 Å². The summed E-state index contributed by atoms with van der Waals surface area (Å²) in [7, 11) is -2.60. The molecule has 2 heterocycles. The molecule has 0 bridgehead atoms. The normalized spacial score (nSPS) is 12.1. The van der Waals surface area contributed by atoms with E-state index in [4.69, 9.17) is 11.6 Å². The van der Waals surface area contributed by atoms with Crippen LogP contribution in [0.1, 0.15) is 5.56 Å². The molecule has 124 valence electrons. The summed E-state index contributed by atoms with van der Waals surface area (Å²) in [5.74, 6) is -0.519. The van der Waals surface area contributed by atoms with Crippen molar-refractivity contribution < 1.29 is 12.8 Å². The second-order valence-corrected chi connectivity index (χ2v) is 7.09. The summed E-state index contributed by atoms with van der Waals surface area (Å²) in [6, 6.07) is 6.07. The van der Waals surface area contributed by atoms with Crippen LogP contribution >= 0.6 is 11.6 Å². The molecule has 2 aromatic heterocycles. The van der Waals surface area contributed by atoms with E-state index >= 15 is 0 Å². The number of benzene rings is 1. The van der Waals surface area contributed by atoms with Gasteiger partial charge in [0.05, 0.1) is 22.9 Å². The van der Waals surface area contributed by atoms with Crippen molar-refractivity contribution in [3.8, 4) is 0 Å². The molecule has 0 spiro atoms. The van der Waals surface area contributed by atoms with Crippen LogP contribution in [0.4, 0.5) is 4.39 Å². The van der Waals surface area contributed by atoms with Crippen molar-refractivity contribution in [3.05, 3.63) is 59.3 Å². The Morgan fingerprint density at radius 1 is 1.29 bits per heavy atom. The Kier molecular flexibility index (Phi) is 4.20. The first-order valence-electron chi connectivity index (χ1n) is 6.66. The van der Waals surface area contributed by atoms with Crippen LogP contribution in [-0.4, -0.2) is 40.7 Å². The number of halogens is 2. The van der Waals surface area contributed by atoms with Gasteiger partial charge < -0.3 is 0 Å². The quantitative estimate of drug-likeness (QED) is 0.402. The highest BCUT2D eigenvalue weighted by Crippen LogP contribution is 2.15. The molecule has 3 rings (SSSR count). The third kappa shape index (κ3) is 3.08. The number of hydrogen-bond donors (Lipinski definition) is 0. The fourth-order valence-corrected chi connectivity index (χ4v) is 3.01. The summed E-state index contributed by atoms with van der Waals surface area (Å²) in [5.41, 5.74) is 0.942. The smallest absolute Gasteiger partial charge is 0.222 e. The maximum atomic E-state index is 12.9. The van der Waals surface area contributed by atoms with Gasteiger partial charge in [-0.25, -0.2) is 13.9 Å². The van der Waals surface area contributed by atoms with Gasteiger partial charge in [0.2, 0.25) is 0 Å². The monoisotopic (exact) mass is 367 g/mol. The van der Waals surface area contributed by atoms with Crippen LogP contribution in [0, 0.1) is 5.82 Å². The summed E-state index contributed by atoms with van der Waals surface area (Å²) in [6.45, 7) is 0. The van der Waals surface area contributed by atoms with Gasteiger partial charge in [0.25, 0.3) is 10.0 Å². The fourth-order valence-electron chi connectivity index (χ4n) is 1.92. The first-order chi connectivity index (χ1) is 11.4. The van der Waals surface area contributed by atoms with Crippen LogP contribution in [0.2, 0.25) is 5.15 Å². The predicted molar refractivity (Wildman–Crippen MR) is 86.9 cm³/mol. The molecule has 10 heteroatoms. The van der Waals surface area contributed by atoms with Gasteiger partial charge in [0, 0.05) is 13.2 Å². The maximum Gasteiger partial charge on any atom is 0.278 e. The number of hydrazone groups is 1. The van der Waals surface area contributed by atoms with E-state index in [1.165, 1.54) is 36.1 Å². The van der Waals surface area contributed by atoms with Crippen LogP contribution in [0.25, 0.3) is 5.65 Å². The molecule has 7 nitrogen and oxygen atoms in total. The molecule has 0 aliphatic carbocycles. The molecule has 0 saturated heterocycles. The van der Waals surface area contributed by atoms with Crippen LogP contribution in [0.15, 0.2) is 52.7 Å². The Balaban J connectivity index is 1.90. The summed E-state index contributed by atoms with van der Waals surface area (Å²) >= 11 is 5.84. The van der Waals surface area contributed by atoms with Gasteiger partial charge in [-0.15, -0.1) is 0 Å². The number of hydrogen-bond acceptors (Lipinski definition) is 5. The molecule has 0 saturated carbocycles. The highest BCUT2D eigenvalue weighted by atomic mass is 35.5. The first kappa shape index (κ1) is 16.3. The third-order valence-electron chi connectivity index (χ3n) is 3.18. The van der Waals surface area contributed by atoms with Crippen molar-refractivity contribution in [1.82, 2.24) is 19.0 Å². The zero-order valence-electron chi connectivity index (χ0n) is 12.3. The molecular formula is C14H11ClFN5O2S. The number of rotatable bonds is 4. The Labute approximate surface area is 142 Å². The van der Waals surface area contributed by atoms with E-state index in [-0.39, 0.29) is 10.0 Å². The molecule has 0 radical (unpaired) electrons. The second-order valence-electron chi connectivity index (χ2n) is 4.76. The molecule has 24 heavy (non-hydrogen) atoms. The highest BCUT2D eigenvalue weighted by Gasteiger charge is 2.19. The third-order valence-corrected chi connectivity index (χ3v) is 5.05. The lowest BCUT2D eigenvalue weighted by Crippen LogP contribution is -2.21. The van der Waals surface area contributed by atoms with E-state index in [2.05, 4.69) is 15.2 Å². The number of nitrogens with zero attached hydrogens (tertiary/aromatic N) is 5. The average Bonchev–Trinajstić information content (AvgIpc) is 2.95. The van der Waals surface area contributed by atoms with Gasteiger partial charge in [0.1, 0.15) is 11.0 Å². The Morgan fingerprint density at radius 3 is 2.71 bits per heavy atom. The summed E-state index contributed by atoms with van der Waals surface area (Å²) in [6.07, 6.45) is 4.42. The molecule has 1 aromatic carbocycles. The van der Waals surface area contributed by atoms with Crippen molar-refractivity contribution in [2.45, 2.75) is 4.90 Å². The maximum absolute atomic E-state index is 12.9. The van der Waals surface area contributed by atoms with Crippen molar-refractivity contribution >= 4 is 33.5 Å². The van der Waals surface area contributed by atoms with Gasteiger partial charge in [-0.05, 0) is 30.3 Å². The molecule has 0 N–H and O–H groups in total. The Bertz CT molecular complexity index is 1020. The van der Waals surface area contributed by atoms with Crippen molar-refractivity contribution in [2.24, 2.45) is 5.10 Å². The van der Waals surface area contributed by atoms with E-state index in [1.54, 1.807) is 12.3 Å². The summed E-state index contributed by atoms with van der Waals surface area (Å²) in [5, 5.41) is 8.25. The highest BCUT2D eigenvalue weighted by molar-refractivity contribution is 7.89. The lowest BCUT2D eigenvalue weighted by molar-refractivity contribution is 0.490. The molecule has 0 amide bonds. The Morgan fingerprint density at radius 2 is 2.00 bits per heavy atom. The van der Waals surface area contributed by atoms with E-state index in [0.717, 1.165) is 16.5 Å². The van der Waals surface area contributed by atoms with E-state index in [9.17, 15) is 12.8 Å². The standard InChI is InChI=1S/C14H11ClFN5O2S/c1-20(24(22,23)12-4-2-11(16)3-5-12)17-8-10-9-18-21-7-6-13(15)19-14(10)21/h2-9H,1H3/b17-8+. The number of fused-ring (bicyclic) bond motifs is 1. The molecule has 0 fully saturated rings. The van der Waals surface area contributed by atoms with Gasteiger partial charge in [-0.1, -0.05) is 11.6 Å². The Hall–Kier alpha value is -2.52. The number of aromatic nitrogens is 3. The average molecular weight is 368 g/mol. The van der Waals surface area contributed by atoms with Gasteiger partial charge in [-0.3, -0.25) is 0 Å². The fraction of sp³-hybridized carbons (Fsp3) is 0.0714.